The minimum Gasteiger partial charge on any atom is -0.491 e. The average Bonchev–Trinajstić information content (AvgIpc) is 2.50. The Kier molecular flexibility index (Phi) is 6.24. The summed E-state index contributed by atoms with van der Waals surface area (Å²) in [4.78, 5) is 12.0. The van der Waals surface area contributed by atoms with Crippen LogP contribution in [0.25, 0.3) is 0 Å². The summed E-state index contributed by atoms with van der Waals surface area (Å²) >= 11 is 9.33. The van der Waals surface area contributed by atoms with Gasteiger partial charge in [-0.1, -0.05) is 11.6 Å². The molecule has 2 aromatic rings. The van der Waals surface area contributed by atoms with Gasteiger partial charge in [0.05, 0.1) is 16.8 Å². The number of carbonyl (C=O) groups excluding carboxylic acids is 1. The average molecular weight is 403 g/mol. The Balaban J connectivity index is 2.03. The molecule has 0 unspecified atom stereocenters. The van der Waals surface area contributed by atoms with E-state index in [0.29, 0.717) is 33.3 Å². The Morgan fingerprint density at radius 2 is 1.96 bits per heavy atom. The van der Waals surface area contributed by atoms with Crippen LogP contribution in [0.15, 0.2) is 40.9 Å². The van der Waals surface area contributed by atoms with E-state index in [1.807, 2.05) is 6.92 Å². The second-order valence-corrected chi connectivity index (χ2v) is 5.78. The van der Waals surface area contributed by atoms with E-state index in [1.54, 1.807) is 12.1 Å². The van der Waals surface area contributed by atoms with Crippen LogP contribution in [0.3, 0.4) is 0 Å². The number of anilines is 1. The van der Waals surface area contributed by atoms with Gasteiger partial charge in [-0.25, -0.2) is 4.39 Å². The summed E-state index contributed by atoms with van der Waals surface area (Å²) in [6.45, 7) is 2.06. The maximum absolute atomic E-state index is 12.8. The van der Waals surface area contributed by atoms with Crippen molar-refractivity contribution in [3.63, 3.8) is 0 Å². The van der Waals surface area contributed by atoms with E-state index in [9.17, 15) is 9.18 Å². The molecular weight excluding hydrogens is 389 g/mol. The SMILES string of the molecule is CCOc1c(Br)cc(Cl)cc1NC(=O)COc1ccc(F)cc1. The van der Waals surface area contributed by atoms with E-state index in [0.717, 1.165) is 0 Å². The van der Waals surface area contributed by atoms with Crippen molar-refractivity contribution in [3.8, 4) is 11.5 Å². The topological polar surface area (TPSA) is 47.6 Å². The van der Waals surface area contributed by atoms with E-state index in [-0.39, 0.29) is 18.3 Å². The number of halogens is 3. The molecule has 4 nitrogen and oxygen atoms in total. The lowest BCUT2D eigenvalue weighted by Crippen LogP contribution is -2.20. The van der Waals surface area contributed by atoms with Crippen LogP contribution >= 0.6 is 27.5 Å². The molecule has 0 bridgehead atoms. The van der Waals surface area contributed by atoms with Crippen LogP contribution in [0, 0.1) is 5.82 Å². The molecule has 0 saturated heterocycles. The van der Waals surface area contributed by atoms with Crippen molar-refractivity contribution in [2.75, 3.05) is 18.5 Å². The summed E-state index contributed by atoms with van der Waals surface area (Å²) < 4.78 is 24.2. The first kappa shape index (κ1) is 17.6. The molecule has 7 heteroatoms. The molecule has 0 atom stereocenters. The molecule has 0 heterocycles. The first-order valence-corrected chi connectivity index (χ1v) is 7.96. The van der Waals surface area contributed by atoms with E-state index in [4.69, 9.17) is 21.1 Å². The summed E-state index contributed by atoms with van der Waals surface area (Å²) in [6.07, 6.45) is 0. The van der Waals surface area contributed by atoms with Crippen LogP contribution in [0.4, 0.5) is 10.1 Å². The molecule has 0 radical (unpaired) electrons. The zero-order chi connectivity index (χ0) is 16.8. The van der Waals surface area contributed by atoms with Gasteiger partial charge in [0.2, 0.25) is 0 Å². The van der Waals surface area contributed by atoms with Gasteiger partial charge in [-0.3, -0.25) is 4.79 Å². The number of benzene rings is 2. The minimum atomic E-state index is -0.385. The van der Waals surface area contributed by atoms with E-state index in [2.05, 4.69) is 21.2 Å². The summed E-state index contributed by atoms with van der Waals surface area (Å²) in [5, 5.41) is 3.13. The highest BCUT2D eigenvalue weighted by atomic mass is 79.9. The molecule has 0 saturated carbocycles. The number of hydrogen-bond donors (Lipinski definition) is 1. The quantitative estimate of drug-likeness (QED) is 0.764. The molecule has 2 aromatic carbocycles. The Bertz CT molecular complexity index is 694. The van der Waals surface area contributed by atoms with Crippen LogP contribution in [-0.2, 0) is 4.79 Å². The van der Waals surface area contributed by atoms with Gasteiger partial charge in [-0.15, -0.1) is 0 Å². The molecular formula is C16H14BrClFNO3. The van der Waals surface area contributed by atoms with Crippen molar-refractivity contribution >= 4 is 39.1 Å². The maximum atomic E-state index is 12.8. The summed E-state index contributed by atoms with van der Waals surface area (Å²) in [5.41, 5.74) is 0.443. The smallest absolute Gasteiger partial charge is 0.262 e. The summed E-state index contributed by atoms with van der Waals surface area (Å²) in [7, 11) is 0. The standard InChI is InChI=1S/C16H14BrClFNO3/c1-2-22-16-13(17)7-10(18)8-14(16)20-15(21)9-23-12-5-3-11(19)4-6-12/h3-8H,2,9H2,1H3,(H,20,21). The lowest BCUT2D eigenvalue weighted by molar-refractivity contribution is -0.118. The van der Waals surface area contributed by atoms with Crippen LogP contribution in [-0.4, -0.2) is 19.1 Å². The van der Waals surface area contributed by atoms with Crippen molar-refractivity contribution in [2.24, 2.45) is 0 Å². The van der Waals surface area contributed by atoms with E-state index in [1.165, 1.54) is 24.3 Å². The summed E-state index contributed by atoms with van der Waals surface area (Å²) in [6, 6.07) is 8.68. The van der Waals surface area contributed by atoms with Gasteiger partial charge in [0.25, 0.3) is 5.91 Å². The monoisotopic (exact) mass is 401 g/mol. The normalized spacial score (nSPS) is 10.3. The first-order valence-electron chi connectivity index (χ1n) is 6.79. The van der Waals surface area contributed by atoms with Crippen LogP contribution in [0.1, 0.15) is 6.92 Å². The predicted octanol–water partition coefficient (Wildman–Crippen LogP) is 4.66. The number of nitrogens with one attached hydrogen (secondary N) is 1. The molecule has 0 aliphatic carbocycles. The third kappa shape index (κ3) is 5.11. The third-order valence-corrected chi connectivity index (χ3v) is 3.56. The van der Waals surface area contributed by atoms with Crippen molar-refractivity contribution in [1.29, 1.82) is 0 Å². The van der Waals surface area contributed by atoms with Gasteiger partial charge in [-0.05, 0) is 59.3 Å². The largest absolute Gasteiger partial charge is 0.491 e. The fourth-order valence-electron chi connectivity index (χ4n) is 1.81. The highest BCUT2D eigenvalue weighted by Gasteiger charge is 2.13. The molecule has 1 N–H and O–H groups in total. The number of hydrogen-bond acceptors (Lipinski definition) is 3. The maximum Gasteiger partial charge on any atom is 0.262 e. The van der Waals surface area contributed by atoms with E-state index < -0.39 is 0 Å². The lowest BCUT2D eigenvalue weighted by Gasteiger charge is -2.14. The fraction of sp³-hybridized carbons (Fsp3) is 0.188. The van der Waals surface area contributed by atoms with Gasteiger partial charge < -0.3 is 14.8 Å². The zero-order valence-corrected chi connectivity index (χ0v) is 14.6. The Morgan fingerprint density at radius 1 is 1.26 bits per heavy atom. The predicted molar refractivity (Wildman–Crippen MR) is 90.8 cm³/mol. The molecule has 122 valence electrons. The Morgan fingerprint density at radius 3 is 2.61 bits per heavy atom. The zero-order valence-electron chi connectivity index (χ0n) is 12.2. The Labute approximate surface area is 146 Å². The number of amides is 1. The number of carbonyl (C=O) groups is 1. The van der Waals surface area contributed by atoms with Crippen molar-refractivity contribution < 1.29 is 18.7 Å². The van der Waals surface area contributed by atoms with E-state index >= 15 is 0 Å². The van der Waals surface area contributed by atoms with Gasteiger partial charge in [0.15, 0.2) is 12.4 Å². The van der Waals surface area contributed by atoms with Gasteiger partial charge in [0, 0.05) is 5.02 Å². The molecule has 0 aliphatic heterocycles. The fourth-order valence-corrected chi connectivity index (χ4v) is 2.73. The number of ether oxygens (including phenoxy) is 2. The van der Waals surface area contributed by atoms with Gasteiger partial charge in [-0.2, -0.15) is 0 Å². The lowest BCUT2D eigenvalue weighted by atomic mass is 10.3. The van der Waals surface area contributed by atoms with Gasteiger partial charge in [0.1, 0.15) is 11.6 Å². The molecule has 0 spiro atoms. The van der Waals surface area contributed by atoms with Crippen LogP contribution in [0.5, 0.6) is 11.5 Å². The van der Waals surface area contributed by atoms with Crippen molar-refractivity contribution in [1.82, 2.24) is 0 Å². The third-order valence-electron chi connectivity index (χ3n) is 2.75. The molecule has 1 amide bonds. The number of rotatable bonds is 6. The second kappa shape index (κ2) is 8.17. The summed E-state index contributed by atoms with van der Waals surface area (Å²) in [5.74, 6) is 0.141. The Hall–Kier alpha value is -1.79. The van der Waals surface area contributed by atoms with Crippen molar-refractivity contribution in [2.45, 2.75) is 6.92 Å². The first-order chi connectivity index (χ1) is 11.0. The molecule has 0 aliphatic rings. The molecule has 2 rings (SSSR count). The highest BCUT2D eigenvalue weighted by Crippen LogP contribution is 2.36. The van der Waals surface area contributed by atoms with Crippen LogP contribution < -0.4 is 14.8 Å². The van der Waals surface area contributed by atoms with Gasteiger partial charge >= 0.3 is 0 Å². The van der Waals surface area contributed by atoms with Crippen LogP contribution in [0.2, 0.25) is 5.02 Å². The second-order valence-electron chi connectivity index (χ2n) is 4.49. The highest BCUT2D eigenvalue weighted by molar-refractivity contribution is 9.10. The molecule has 0 fully saturated rings. The molecule has 23 heavy (non-hydrogen) atoms. The minimum absolute atomic E-state index is 0.221. The van der Waals surface area contributed by atoms with Crippen molar-refractivity contribution in [3.05, 3.63) is 51.7 Å². The molecule has 0 aromatic heterocycles.